The summed E-state index contributed by atoms with van der Waals surface area (Å²) in [6, 6.07) is 11.6. The van der Waals surface area contributed by atoms with E-state index >= 15 is 0 Å². The second-order valence-corrected chi connectivity index (χ2v) is 5.79. The van der Waals surface area contributed by atoms with Crippen LogP contribution in [-0.2, 0) is 16.6 Å². The average Bonchev–Trinajstić information content (AvgIpc) is 3.18. The molecule has 0 bridgehead atoms. The molecule has 1 unspecified atom stereocenters. The van der Waals surface area contributed by atoms with E-state index in [0.717, 1.165) is 5.56 Å². The zero-order valence-electron chi connectivity index (χ0n) is 11.5. The molecule has 3 nitrogen and oxygen atoms in total. The van der Waals surface area contributed by atoms with Crippen molar-refractivity contribution >= 4 is 5.97 Å². The van der Waals surface area contributed by atoms with Gasteiger partial charge in [0.2, 0.25) is 0 Å². The van der Waals surface area contributed by atoms with Crippen molar-refractivity contribution in [1.82, 2.24) is 0 Å². The number of hydrogen-bond acceptors (Lipinski definition) is 2. The van der Waals surface area contributed by atoms with Crippen LogP contribution >= 0.6 is 0 Å². The fourth-order valence-electron chi connectivity index (χ4n) is 2.60. The van der Waals surface area contributed by atoms with E-state index in [-0.39, 0.29) is 0 Å². The molecule has 3 rings (SSSR count). The molecule has 0 amide bonds. The summed E-state index contributed by atoms with van der Waals surface area (Å²) in [5.41, 5.74) is 1.19. The number of aliphatic carboxylic acids is 1. The second kappa shape index (κ2) is 4.82. The Morgan fingerprint density at radius 3 is 2.50 bits per heavy atom. The highest BCUT2D eigenvalue weighted by atomic mass is 16.4. The van der Waals surface area contributed by atoms with Gasteiger partial charge >= 0.3 is 5.97 Å². The second-order valence-electron chi connectivity index (χ2n) is 5.79. The highest BCUT2D eigenvalue weighted by molar-refractivity contribution is 5.81. The van der Waals surface area contributed by atoms with Gasteiger partial charge in [0.05, 0.1) is 11.7 Å². The molecule has 20 heavy (non-hydrogen) atoms. The van der Waals surface area contributed by atoms with Gasteiger partial charge in [0.15, 0.2) is 0 Å². The van der Waals surface area contributed by atoms with E-state index in [9.17, 15) is 9.90 Å². The number of benzene rings is 1. The number of carbonyl (C=O) groups is 1. The molecule has 1 aromatic heterocycles. The minimum atomic E-state index is -0.958. The molecule has 104 valence electrons. The molecule has 0 radical (unpaired) electrons. The first-order chi connectivity index (χ1) is 9.59. The summed E-state index contributed by atoms with van der Waals surface area (Å²) < 4.78 is 5.31. The van der Waals surface area contributed by atoms with Crippen molar-refractivity contribution in [3.63, 3.8) is 0 Å². The molecule has 2 aromatic rings. The van der Waals surface area contributed by atoms with Gasteiger partial charge < -0.3 is 9.52 Å². The summed E-state index contributed by atoms with van der Waals surface area (Å²) in [6.45, 7) is 1.75. The molecule has 1 N–H and O–H groups in total. The third-order valence-electron chi connectivity index (χ3n) is 4.18. The molecule has 1 aliphatic carbocycles. The molecule has 3 heteroatoms. The van der Waals surface area contributed by atoms with Crippen LogP contribution in [-0.4, -0.2) is 11.1 Å². The largest absolute Gasteiger partial charge is 0.481 e. The smallest absolute Gasteiger partial charge is 0.314 e. The molecular weight excluding hydrogens is 252 g/mol. The van der Waals surface area contributed by atoms with Crippen molar-refractivity contribution in [2.45, 2.75) is 37.5 Å². The SMILES string of the molecule is CC(Cc1ccco1)(C(=O)O)c1ccc(C2CC2)cc1. The number of furan rings is 1. The minimum Gasteiger partial charge on any atom is -0.481 e. The minimum absolute atomic E-state index is 0.359. The summed E-state index contributed by atoms with van der Waals surface area (Å²) in [4.78, 5) is 11.7. The first-order valence-corrected chi connectivity index (χ1v) is 6.96. The highest BCUT2D eigenvalue weighted by Crippen LogP contribution is 2.40. The van der Waals surface area contributed by atoms with E-state index in [4.69, 9.17) is 4.42 Å². The molecule has 0 spiro atoms. The molecule has 0 aliphatic heterocycles. The van der Waals surface area contributed by atoms with Crippen molar-refractivity contribution in [3.8, 4) is 0 Å². The van der Waals surface area contributed by atoms with Gasteiger partial charge in [-0.25, -0.2) is 0 Å². The summed E-state index contributed by atoms with van der Waals surface area (Å²) in [5.74, 6) is 0.555. The molecule has 1 saturated carbocycles. The lowest BCUT2D eigenvalue weighted by Gasteiger charge is -2.24. The summed E-state index contributed by atoms with van der Waals surface area (Å²) in [5, 5.41) is 9.63. The number of carboxylic acid groups (broad SMARTS) is 1. The number of rotatable bonds is 5. The first-order valence-electron chi connectivity index (χ1n) is 6.96. The van der Waals surface area contributed by atoms with Crippen molar-refractivity contribution < 1.29 is 14.3 Å². The maximum absolute atomic E-state index is 11.7. The predicted octanol–water partition coefficient (Wildman–Crippen LogP) is 3.74. The van der Waals surface area contributed by atoms with Gasteiger partial charge in [-0.1, -0.05) is 24.3 Å². The number of hydrogen-bond donors (Lipinski definition) is 1. The first kappa shape index (κ1) is 13.0. The molecule has 0 saturated heterocycles. The summed E-state index contributed by atoms with van der Waals surface area (Å²) in [7, 11) is 0. The van der Waals surface area contributed by atoms with Crippen molar-refractivity contribution in [3.05, 3.63) is 59.5 Å². The van der Waals surface area contributed by atoms with Gasteiger partial charge in [-0.2, -0.15) is 0 Å². The lowest BCUT2D eigenvalue weighted by atomic mass is 9.78. The van der Waals surface area contributed by atoms with Crippen LogP contribution in [0.3, 0.4) is 0 Å². The maximum atomic E-state index is 11.7. The van der Waals surface area contributed by atoms with E-state index in [1.165, 1.54) is 18.4 Å². The number of carboxylic acids is 1. The van der Waals surface area contributed by atoms with Crippen molar-refractivity contribution in [1.29, 1.82) is 0 Å². The van der Waals surface area contributed by atoms with Gasteiger partial charge in [0.1, 0.15) is 5.76 Å². The Bertz CT molecular complexity index is 594. The monoisotopic (exact) mass is 270 g/mol. The van der Waals surface area contributed by atoms with Crippen molar-refractivity contribution in [2.75, 3.05) is 0 Å². The molecule has 1 heterocycles. The van der Waals surface area contributed by atoms with Crippen LogP contribution in [0.2, 0.25) is 0 Å². The molecular formula is C17H18O3. The topological polar surface area (TPSA) is 50.4 Å². The Labute approximate surface area is 118 Å². The molecule has 1 atom stereocenters. The van der Waals surface area contributed by atoms with E-state index in [1.54, 1.807) is 19.3 Å². The predicted molar refractivity (Wildman–Crippen MR) is 75.8 cm³/mol. The Morgan fingerprint density at radius 2 is 2.00 bits per heavy atom. The van der Waals surface area contributed by atoms with Crippen molar-refractivity contribution in [2.24, 2.45) is 0 Å². The standard InChI is InChI=1S/C17H18O3/c1-17(16(18)19,11-15-3-2-10-20-15)14-8-6-13(7-9-14)12-4-5-12/h2-3,6-10,12H,4-5,11H2,1H3,(H,18,19). The van der Waals surface area contributed by atoms with Crippen LogP contribution in [0.1, 0.15) is 42.6 Å². The lowest BCUT2D eigenvalue weighted by molar-refractivity contribution is -0.143. The Hall–Kier alpha value is -2.03. The molecule has 1 aliphatic rings. The van der Waals surface area contributed by atoms with Crippen LogP contribution in [0.5, 0.6) is 0 Å². The summed E-state index contributed by atoms with van der Waals surface area (Å²) in [6.07, 6.45) is 4.44. The van der Waals surface area contributed by atoms with E-state index in [0.29, 0.717) is 18.1 Å². The fraction of sp³-hybridized carbons (Fsp3) is 0.353. The highest BCUT2D eigenvalue weighted by Gasteiger charge is 2.36. The lowest BCUT2D eigenvalue weighted by Crippen LogP contribution is -2.34. The van der Waals surface area contributed by atoms with Gasteiger partial charge in [-0.15, -0.1) is 0 Å². The maximum Gasteiger partial charge on any atom is 0.314 e. The Morgan fingerprint density at radius 1 is 1.30 bits per heavy atom. The van der Waals surface area contributed by atoms with Gasteiger partial charge in [-0.3, -0.25) is 4.79 Å². The van der Waals surface area contributed by atoms with Gasteiger partial charge in [0.25, 0.3) is 0 Å². The fourth-order valence-corrected chi connectivity index (χ4v) is 2.60. The summed E-state index contributed by atoms with van der Waals surface area (Å²) >= 11 is 0. The Balaban J connectivity index is 1.90. The van der Waals surface area contributed by atoms with Crippen LogP contribution in [0.4, 0.5) is 0 Å². The third-order valence-corrected chi connectivity index (χ3v) is 4.18. The van der Waals surface area contributed by atoms with Crippen LogP contribution in [0.25, 0.3) is 0 Å². The molecule has 1 fully saturated rings. The molecule has 1 aromatic carbocycles. The third kappa shape index (κ3) is 2.36. The zero-order chi connectivity index (χ0) is 14.2. The average molecular weight is 270 g/mol. The zero-order valence-corrected chi connectivity index (χ0v) is 11.5. The van der Waals surface area contributed by atoms with Crippen LogP contribution in [0, 0.1) is 0 Å². The Kier molecular flexibility index (Phi) is 3.13. The van der Waals surface area contributed by atoms with Crippen LogP contribution in [0.15, 0.2) is 47.1 Å². The van der Waals surface area contributed by atoms with E-state index in [2.05, 4.69) is 12.1 Å². The van der Waals surface area contributed by atoms with Crippen LogP contribution < -0.4 is 0 Å². The normalized spacial score (nSPS) is 17.6. The van der Waals surface area contributed by atoms with Gasteiger partial charge in [-0.05, 0) is 48.9 Å². The quantitative estimate of drug-likeness (QED) is 0.900. The van der Waals surface area contributed by atoms with E-state index in [1.807, 2.05) is 18.2 Å². The van der Waals surface area contributed by atoms with Gasteiger partial charge in [0, 0.05) is 6.42 Å². The van der Waals surface area contributed by atoms with E-state index < -0.39 is 11.4 Å².